The van der Waals surface area contributed by atoms with E-state index in [1.54, 1.807) is 6.20 Å². The topological polar surface area (TPSA) is 48.4 Å². The molecule has 1 aromatic carbocycles. The number of carbonyl (C=O) groups excluding carboxylic acids is 1. The Labute approximate surface area is 164 Å². The average Bonchev–Trinajstić information content (AvgIpc) is 2.61. The second-order valence-corrected chi connectivity index (χ2v) is 6.75. The van der Waals surface area contributed by atoms with Crippen molar-refractivity contribution in [3.8, 4) is 5.75 Å². The molecule has 1 aliphatic heterocycles. The lowest BCUT2D eigenvalue weighted by atomic mass is 9.98. The highest BCUT2D eigenvalue weighted by Gasteiger charge is 2.48. The van der Waals surface area contributed by atoms with Crippen molar-refractivity contribution in [1.29, 1.82) is 0 Å². The number of nitrogens with zero attached hydrogens (tertiary/aromatic N) is 1. The lowest BCUT2D eigenvalue weighted by molar-refractivity contribution is -0.187. The minimum absolute atomic E-state index is 0.00225. The molecule has 1 atom stereocenters. The van der Waals surface area contributed by atoms with Gasteiger partial charge in [-0.25, -0.2) is 4.79 Å². The van der Waals surface area contributed by atoms with E-state index in [9.17, 15) is 18.0 Å². The van der Waals surface area contributed by atoms with E-state index in [0.717, 1.165) is 17.3 Å². The van der Waals surface area contributed by atoms with Crippen molar-refractivity contribution in [3.05, 3.63) is 63.4 Å². The number of ether oxygens (including phenoxy) is 2. The summed E-state index contributed by atoms with van der Waals surface area (Å²) < 4.78 is 50.2. The molecule has 0 saturated heterocycles. The first-order chi connectivity index (χ1) is 13.2. The van der Waals surface area contributed by atoms with Crippen molar-refractivity contribution < 1.29 is 27.4 Å². The van der Waals surface area contributed by atoms with Gasteiger partial charge in [-0.1, -0.05) is 11.6 Å². The molecule has 0 amide bonds. The predicted molar refractivity (Wildman–Crippen MR) is 98.3 cm³/mol. The number of benzene rings is 1. The van der Waals surface area contributed by atoms with Crippen LogP contribution in [0.4, 0.5) is 13.2 Å². The molecule has 2 aromatic rings. The van der Waals surface area contributed by atoms with E-state index in [2.05, 4.69) is 4.98 Å². The van der Waals surface area contributed by atoms with Gasteiger partial charge in [0, 0.05) is 28.9 Å². The maximum atomic E-state index is 13.4. The van der Waals surface area contributed by atoms with Gasteiger partial charge in [-0.15, -0.1) is 0 Å². The third kappa shape index (κ3) is 4.30. The summed E-state index contributed by atoms with van der Waals surface area (Å²) in [7, 11) is 0. The van der Waals surface area contributed by atoms with Crippen LogP contribution in [0.25, 0.3) is 6.08 Å². The van der Waals surface area contributed by atoms with Crippen LogP contribution in [0.2, 0.25) is 5.02 Å². The zero-order valence-electron chi connectivity index (χ0n) is 15.1. The van der Waals surface area contributed by atoms with Crippen molar-refractivity contribution in [2.24, 2.45) is 0 Å². The minimum atomic E-state index is -4.77. The number of alkyl halides is 3. The van der Waals surface area contributed by atoms with Gasteiger partial charge >= 0.3 is 12.1 Å². The number of fused-ring (bicyclic) bond motifs is 1. The summed E-state index contributed by atoms with van der Waals surface area (Å²) in [4.78, 5) is 16.2. The molecule has 2 heterocycles. The Balaban J connectivity index is 2.00. The summed E-state index contributed by atoms with van der Waals surface area (Å²) in [5, 5.41) is 0.343. The van der Waals surface area contributed by atoms with Crippen LogP contribution in [0.5, 0.6) is 5.75 Å². The molecule has 0 saturated carbocycles. The third-order valence-electron chi connectivity index (χ3n) is 4.17. The first-order valence-corrected chi connectivity index (χ1v) is 8.93. The molecule has 3 rings (SSSR count). The van der Waals surface area contributed by atoms with E-state index >= 15 is 0 Å². The molecular weight excluding hydrogens is 395 g/mol. The summed E-state index contributed by atoms with van der Waals surface area (Å²) in [5.74, 6) is -1.07. The molecule has 4 nitrogen and oxygen atoms in total. The number of halogens is 4. The fourth-order valence-electron chi connectivity index (χ4n) is 2.91. The first-order valence-electron chi connectivity index (χ1n) is 8.55. The lowest BCUT2D eigenvalue weighted by Gasteiger charge is -2.28. The van der Waals surface area contributed by atoms with Gasteiger partial charge in [0.15, 0.2) is 0 Å². The molecule has 0 spiro atoms. The van der Waals surface area contributed by atoms with Crippen molar-refractivity contribution in [2.45, 2.75) is 32.5 Å². The van der Waals surface area contributed by atoms with Crippen LogP contribution in [0.1, 0.15) is 29.3 Å². The average molecular weight is 412 g/mol. The van der Waals surface area contributed by atoms with Gasteiger partial charge in [-0.2, -0.15) is 13.2 Å². The molecule has 0 radical (unpaired) electrons. The standard InChI is InChI=1S/C20H17ClF3NO3/c1-3-27-19(26)15-8-13-9-16(21)12(7-14-6-11(2)4-5-25-14)10-17(13)28-18(15)20(22,23)24/h4-6,8-10,18H,3,7H2,1-2H3. The van der Waals surface area contributed by atoms with Crippen molar-refractivity contribution in [3.63, 3.8) is 0 Å². The minimum Gasteiger partial charge on any atom is -0.475 e. The number of esters is 1. The highest BCUT2D eigenvalue weighted by molar-refractivity contribution is 6.31. The summed E-state index contributed by atoms with van der Waals surface area (Å²) in [6.07, 6.45) is -4.06. The Hall–Kier alpha value is -2.54. The smallest absolute Gasteiger partial charge is 0.430 e. The highest BCUT2D eigenvalue weighted by Crippen LogP contribution is 2.40. The van der Waals surface area contributed by atoms with E-state index in [0.29, 0.717) is 17.0 Å². The van der Waals surface area contributed by atoms with Crippen LogP contribution in [0.3, 0.4) is 0 Å². The zero-order chi connectivity index (χ0) is 20.5. The lowest BCUT2D eigenvalue weighted by Crippen LogP contribution is -2.40. The molecule has 0 fully saturated rings. The summed E-state index contributed by atoms with van der Waals surface area (Å²) >= 11 is 6.31. The fraction of sp³-hybridized carbons (Fsp3) is 0.300. The normalized spacial score (nSPS) is 16.1. The van der Waals surface area contributed by atoms with E-state index in [-0.39, 0.29) is 17.9 Å². The zero-order valence-corrected chi connectivity index (χ0v) is 15.9. The first kappa shape index (κ1) is 20.2. The molecule has 28 heavy (non-hydrogen) atoms. The highest BCUT2D eigenvalue weighted by atomic mass is 35.5. The van der Waals surface area contributed by atoms with Gasteiger partial charge < -0.3 is 9.47 Å². The molecular formula is C20H17ClF3NO3. The maximum Gasteiger partial charge on any atom is 0.430 e. The Kier molecular flexibility index (Phi) is 5.65. The maximum absolute atomic E-state index is 13.4. The number of aromatic nitrogens is 1. The number of rotatable bonds is 4. The van der Waals surface area contributed by atoms with Crippen LogP contribution < -0.4 is 4.74 Å². The number of aryl methyl sites for hydroxylation is 1. The number of hydrogen-bond donors (Lipinski definition) is 0. The van der Waals surface area contributed by atoms with E-state index in [1.807, 2.05) is 19.1 Å². The second kappa shape index (κ2) is 7.83. The van der Waals surface area contributed by atoms with Crippen molar-refractivity contribution in [2.75, 3.05) is 6.61 Å². The second-order valence-electron chi connectivity index (χ2n) is 6.34. The fourth-order valence-corrected chi connectivity index (χ4v) is 3.15. The quantitative estimate of drug-likeness (QED) is 0.671. The van der Waals surface area contributed by atoms with Gasteiger partial charge in [0.05, 0.1) is 12.2 Å². The number of hydrogen-bond acceptors (Lipinski definition) is 4. The van der Waals surface area contributed by atoms with Crippen molar-refractivity contribution in [1.82, 2.24) is 4.98 Å². The summed E-state index contributed by atoms with van der Waals surface area (Å²) in [6, 6.07) is 6.65. The van der Waals surface area contributed by atoms with E-state index in [4.69, 9.17) is 21.1 Å². The van der Waals surface area contributed by atoms with Crippen LogP contribution in [-0.2, 0) is 16.0 Å². The molecule has 0 bridgehead atoms. The third-order valence-corrected chi connectivity index (χ3v) is 4.52. The Morgan fingerprint density at radius 1 is 1.32 bits per heavy atom. The predicted octanol–water partition coefficient (Wildman–Crippen LogP) is 4.90. The molecule has 1 aromatic heterocycles. The Morgan fingerprint density at radius 3 is 2.71 bits per heavy atom. The molecule has 1 unspecified atom stereocenters. The summed E-state index contributed by atoms with van der Waals surface area (Å²) in [5.41, 5.74) is 2.00. The molecule has 8 heteroatoms. The largest absolute Gasteiger partial charge is 0.475 e. The van der Waals surface area contributed by atoms with Gasteiger partial charge in [0.1, 0.15) is 5.75 Å². The van der Waals surface area contributed by atoms with Crippen LogP contribution >= 0.6 is 11.6 Å². The molecule has 148 valence electrons. The van der Waals surface area contributed by atoms with Crippen LogP contribution in [-0.4, -0.2) is 29.8 Å². The molecule has 0 aliphatic carbocycles. The monoisotopic (exact) mass is 411 g/mol. The van der Waals surface area contributed by atoms with E-state index < -0.39 is 23.8 Å². The number of pyridine rings is 1. The van der Waals surface area contributed by atoms with Crippen LogP contribution in [0.15, 0.2) is 36.0 Å². The van der Waals surface area contributed by atoms with Gasteiger partial charge in [0.25, 0.3) is 0 Å². The summed E-state index contributed by atoms with van der Waals surface area (Å²) in [6.45, 7) is 3.39. The Bertz CT molecular complexity index is 941. The van der Waals surface area contributed by atoms with E-state index in [1.165, 1.54) is 19.1 Å². The number of carbonyl (C=O) groups is 1. The van der Waals surface area contributed by atoms with Gasteiger partial charge in [-0.3, -0.25) is 4.98 Å². The van der Waals surface area contributed by atoms with Gasteiger partial charge in [-0.05, 0) is 55.3 Å². The Morgan fingerprint density at radius 2 is 2.07 bits per heavy atom. The molecule has 1 aliphatic rings. The SMILES string of the molecule is CCOC(=O)C1=Cc2cc(Cl)c(Cc3cc(C)ccn3)cc2OC1C(F)(F)F. The van der Waals surface area contributed by atoms with Crippen molar-refractivity contribution >= 4 is 23.6 Å². The molecule has 0 N–H and O–H groups in total. The van der Waals surface area contributed by atoms with Crippen LogP contribution in [0, 0.1) is 6.92 Å². The van der Waals surface area contributed by atoms with Gasteiger partial charge in [0.2, 0.25) is 6.10 Å².